The Morgan fingerprint density at radius 2 is 1.90 bits per heavy atom. The molecule has 2 aromatic carbocycles. The Labute approximate surface area is 127 Å². The maximum Gasteiger partial charge on any atom is 0.267 e. The monoisotopic (exact) mass is 298 g/mol. The van der Waals surface area contributed by atoms with E-state index in [0.29, 0.717) is 17.3 Å². The minimum Gasteiger partial charge on any atom is -0.351 e. The number of benzene rings is 2. The molecular weight excluding hydrogens is 284 g/mol. The van der Waals surface area contributed by atoms with Crippen molar-refractivity contribution in [3.63, 3.8) is 0 Å². The zero-order chi connectivity index (χ0) is 14.8. The predicted molar refractivity (Wildman–Crippen MR) is 85.7 cm³/mol. The van der Waals surface area contributed by atoms with Gasteiger partial charge in [-0.25, -0.2) is 0 Å². The molecule has 3 rings (SSSR count). The Balaban J connectivity index is 1.73. The lowest BCUT2D eigenvalue weighted by atomic mass is 10.2. The van der Waals surface area contributed by atoms with Gasteiger partial charge in [0, 0.05) is 22.5 Å². The number of aromatic amines is 1. The van der Waals surface area contributed by atoms with Crippen molar-refractivity contribution in [2.45, 2.75) is 13.5 Å². The van der Waals surface area contributed by atoms with Gasteiger partial charge in [-0.2, -0.15) is 0 Å². The third-order valence-corrected chi connectivity index (χ3v) is 3.64. The minimum absolute atomic E-state index is 0.112. The predicted octanol–water partition coefficient (Wildman–Crippen LogP) is 4.06. The maximum absolute atomic E-state index is 12.2. The molecule has 0 aliphatic heterocycles. The lowest BCUT2D eigenvalue weighted by Gasteiger charge is -2.04. The van der Waals surface area contributed by atoms with E-state index < -0.39 is 0 Å². The molecule has 0 fully saturated rings. The van der Waals surface area contributed by atoms with Gasteiger partial charge >= 0.3 is 0 Å². The van der Waals surface area contributed by atoms with Crippen LogP contribution in [0.2, 0.25) is 5.02 Å². The van der Waals surface area contributed by atoms with Crippen LogP contribution in [0.5, 0.6) is 0 Å². The summed E-state index contributed by atoms with van der Waals surface area (Å²) in [5.74, 6) is -0.112. The van der Waals surface area contributed by atoms with Gasteiger partial charge < -0.3 is 10.3 Å². The second-order valence-electron chi connectivity index (χ2n) is 5.08. The van der Waals surface area contributed by atoms with Gasteiger partial charge in [0.1, 0.15) is 5.69 Å². The van der Waals surface area contributed by atoms with Crippen LogP contribution >= 0.6 is 11.6 Å². The fraction of sp³-hybridized carbons (Fsp3) is 0.118. The van der Waals surface area contributed by atoms with E-state index in [2.05, 4.69) is 16.4 Å². The van der Waals surface area contributed by atoms with Crippen molar-refractivity contribution >= 4 is 28.4 Å². The average molecular weight is 299 g/mol. The minimum atomic E-state index is -0.112. The highest BCUT2D eigenvalue weighted by Gasteiger charge is 2.09. The number of hydrogen-bond acceptors (Lipinski definition) is 1. The van der Waals surface area contributed by atoms with Gasteiger partial charge in [0.15, 0.2) is 0 Å². The lowest BCUT2D eigenvalue weighted by molar-refractivity contribution is 0.0947. The maximum atomic E-state index is 12.2. The number of H-pyrrole nitrogens is 1. The molecule has 1 heterocycles. The summed E-state index contributed by atoms with van der Waals surface area (Å²) < 4.78 is 0. The average Bonchev–Trinajstić information content (AvgIpc) is 2.89. The van der Waals surface area contributed by atoms with Crippen LogP contribution in [0.3, 0.4) is 0 Å². The van der Waals surface area contributed by atoms with Gasteiger partial charge in [-0.1, -0.05) is 35.4 Å². The highest BCUT2D eigenvalue weighted by atomic mass is 35.5. The van der Waals surface area contributed by atoms with Gasteiger partial charge in [-0.15, -0.1) is 0 Å². The first-order valence-electron chi connectivity index (χ1n) is 6.74. The third kappa shape index (κ3) is 3.09. The number of carbonyl (C=O) groups is 1. The fourth-order valence-corrected chi connectivity index (χ4v) is 2.38. The van der Waals surface area contributed by atoms with Crippen molar-refractivity contribution in [2.75, 3.05) is 0 Å². The van der Waals surface area contributed by atoms with Crippen LogP contribution in [-0.4, -0.2) is 10.9 Å². The number of fused-ring (bicyclic) bond motifs is 1. The molecule has 1 amide bonds. The summed E-state index contributed by atoms with van der Waals surface area (Å²) in [6.45, 7) is 2.51. The van der Waals surface area contributed by atoms with Crippen LogP contribution in [0, 0.1) is 6.92 Å². The molecule has 106 valence electrons. The second-order valence-corrected chi connectivity index (χ2v) is 5.52. The van der Waals surface area contributed by atoms with Gasteiger partial charge in [0.25, 0.3) is 5.91 Å². The molecule has 3 nitrogen and oxygen atoms in total. The van der Waals surface area contributed by atoms with Crippen molar-refractivity contribution < 1.29 is 4.79 Å². The molecular formula is C17H15ClN2O. The number of rotatable bonds is 3. The summed E-state index contributed by atoms with van der Waals surface area (Å²) in [6, 6.07) is 15.4. The van der Waals surface area contributed by atoms with E-state index in [1.54, 1.807) is 0 Å². The largest absolute Gasteiger partial charge is 0.351 e. The number of amides is 1. The van der Waals surface area contributed by atoms with E-state index in [1.807, 2.05) is 49.4 Å². The molecule has 3 aromatic rings. The quantitative estimate of drug-likeness (QED) is 0.752. The first kappa shape index (κ1) is 13.7. The normalized spacial score (nSPS) is 10.8. The molecule has 2 N–H and O–H groups in total. The van der Waals surface area contributed by atoms with Crippen molar-refractivity contribution in [2.24, 2.45) is 0 Å². The van der Waals surface area contributed by atoms with Crippen LogP contribution < -0.4 is 5.32 Å². The molecule has 0 saturated carbocycles. The second kappa shape index (κ2) is 5.62. The number of carbonyl (C=O) groups excluding carboxylic acids is 1. The van der Waals surface area contributed by atoms with Crippen LogP contribution in [0.4, 0.5) is 0 Å². The standard InChI is InChI=1S/C17H15ClN2O/c1-11-2-7-15-13(8-11)9-16(20-15)17(21)19-10-12-3-5-14(18)6-4-12/h2-9,20H,10H2,1H3,(H,19,21). The van der Waals surface area contributed by atoms with Crippen LogP contribution in [0.1, 0.15) is 21.6 Å². The summed E-state index contributed by atoms with van der Waals surface area (Å²) in [7, 11) is 0. The van der Waals surface area contributed by atoms with Crippen LogP contribution in [0.15, 0.2) is 48.5 Å². The summed E-state index contributed by atoms with van der Waals surface area (Å²) in [6.07, 6.45) is 0. The van der Waals surface area contributed by atoms with Gasteiger partial charge in [0.2, 0.25) is 0 Å². The summed E-state index contributed by atoms with van der Waals surface area (Å²) in [4.78, 5) is 15.3. The van der Waals surface area contributed by atoms with Crippen molar-refractivity contribution in [1.29, 1.82) is 0 Å². The topological polar surface area (TPSA) is 44.9 Å². The molecule has 0 spiro atoms. The van der Waals surface area contributed by atoms with E-state index in [1.165, 1.54) is 5.56 Å². The summed E-state index contributed by atoms with van der Waals surface area (Å²) in [5, 5.41) is 4.64. The van der Waals surface area contributed by atoms with E-state index in [0.717, 1.165) is 16.5 Å². The van der Waals surface area contributed by atoms with Gasteiger partial charge in [0.05, 0.1) is 0 Å². The number of aromatic nitrogens is 1. The molecule has 21 heavy (non-hydrogen) atoms. The van der Waals surface area contributed by atoms with E-state index in [-0.39, 0.29) is 5.91 Å². The molecule has 0 bridgehead atoms. The van der Waals surface area contributed by atoms with Crippen LogP contribution in [0.25, 0.3) is 10.9 Å². The molecule has 0 atom stereocenters. The molecule has 0 aliphatic rings. The molecule has 0 unspecified atom stereocenters. The zero-order valence-electron chi connectivity index (χ0n) is 11.6. The zero-order valence-corrected chi connectivity index (χ0v) is 12.4. The SMILES string of the molecule is Cc1ccc2[nH]c(C(=O)NCc3ccc(Cl)cc3)cc2c1. The first-order valence-corrected chi connectivity index (χ1v) is 7.11. The third-order valence-electron chi connectivity index (χ3n) is 3.39. The Hall–Kier alpha value is -2.26. The Morgan fingerprint density at radius 3 is 2.67 bits per heavy atom. The highest BCUT2D eigenvalue weighted by molar-refractivity contribution is 6.30. The first-order chi connectivity index (χ1) is 10.1. The summed E-state index contributed by atoms with van der Waals surface area (Å²) in [5.41, 5.74) is 3.73. The van der Waals surface area contributed by atoms with Crippen LogP contribution in [-0.2, 0) is 6.54 Å². The van der Waals surface area contributed by atoms with Crippen molar-refractivity contribution in [3.8, 4) is 0 Å². The van der Waals surface area contributed by atoms with Gasteiger partial charge in [-0.05, 0) is 42.8 Å². The van der Waals surface area contributed by atoms with E-state index in [9.17, 15) is 4.79 Å². The molecule has 0 radical (unpaired) electrons. The van der Waals surface area contributed by atoms with E-state index in [4.69, 9.17) is 11.6 Å². The van der Waals surface area contributed by atoms with E-state index >= 15 is 0 Å². The molecule has 1 aromatic heterocycles. The molecule has 0 aliphatic carbocycles. The Bertz CT molecular complexity index is 790. The Kier molecular flexibility index (Phi) is 3.67. The number of hydrogen-bond donors (Lipinski definition) is 2. The van der Waals surface area contributed by atoms with Crippen molar-refractivity contribution in [1.82, 2.24) is 10.3 Å². The number of aryl methyl sites for hydroxylation is 1. The molecule has 4 heteroatoms. The number of halogens is 1. The van der Waals surface area contributed by atoms with Crippen molar-refractivity contribution in [3.05, 3.63) is 70.4 Å². The summed E-state index contributed by atoms with van der Waals surface area (Å²) >= 11 is 5.84. The highest BCUT2D eigenvalue weighted by Crippen LogP contribution is 2.17. The Morgan fingerprint density at radius 1 is 1.14 bits per heavy atom. The van der Waals surface area contributed by atoms with Gasteiger partial charge in [-0.3, -0.25) is 4.79 Å². The number of nitrogens with one attached hydrogen (secondary N) is 2. The molecule has 0 saturated heterocycles. The fourth-order valence-electron chi connectivity index (χ4n) is 2.25. The lowest BCUT2D eigenvalue weighted by Crippen LogP contribution is -2.22. The smallest absolute Gasteiger partial charge is 0.267 e.